The second-order valence-electron chi connectivity index (χ2n) is 4.14. The minimum absolute atomic E-state index is 0.215. The number of ether oxygens (including phenoxy) is 1. The molecular weight excluding hydrogens is 198 g/mol. The Bertz CT molecular complexity index is 290. The van der Waals surface area contributed by atoms with E-state index in [4.69, 9.17) is 16.2 Å². The number of carbonyl (C=O) groups excluding carboxylic acids is 2. The Kier molecular flexibility index (Phi) is 2.62. The minimum Gasteiger partial charge on any atom is -0.378 e. The Morgan fingerprint density at radius 2 is 1.87 bits per heavy atom. The lowest BCUT2D eigenvalue weighted by Gasteiger charge is -2.37. The molecule has 6 nitrogen and oxygen atoms in total. The van der Waals surface area contributed by atoms with E-state index < -0.39 is 0 Å². The van der Waals surface area contributed by atoms with Crippen LogP contribution in [0.5, 0.6) is 0 Å². The molecule has 0 aromatic carbocycles. The lowest BCUT2D eigenvalue weighted by atomic mass is 10.1. The van der Waals surface area contributed by atoms with Gasteiger partial charge in [-0.2, -0.15) is 0 Å². The van der Waals surface area contributed by atoms with E-state index in [9.17, 15) is 9.59 Å². The molecule has 0 aromatic rings. The Hall–Kier alpha value is -1.14. The Morgan fingerprint density at radius 1 is 1.20 bits per heavy atom. The van der Waals surface area contributed by atoms with Gasteiger partial charge >= 0.3 is 0 Å². The van der Waals surface area contributed by atoms with Crippen LogP contribution in [-0.4, -0.2) is 48.6 Å². The normalized spacial score (nSPS) is 32.5. The number of nitrogens with zero attached hydrogens (tertiary/aromatic N) is 1. The van der Waals surface area contributed by atoms with Crippen LogP contribution in [0.15, 0.2) is 0 Å². The number of likely N-dealkylation sites (tertiary alicyclic amines) is 1. The second-order valence-corrected chi connectivity index (χ2v) is 4.14. The van der Waals surface area contributed by atoms with E-state index in [2.05, 4.69) is 0 Å². The highest BCUT2D eigenvalue weighted by atomic mass is 16.5. The maximum atomic E-state index is 11.2. The highest BCUT2D eigenvalue weighted by molar-refractivity contribution is 5.83. The van der Waals surface area contributed by atoms with Crippen molar-refractivity contribution in [3.63, 3.8) is 0 Å². The smallest absolute Gasteiger partial charge is 0.234 e. The first-order valence-electron chi connectivity index (χ1n) is 5.01. The molecule has 0 bridgehead atoms. The molecule has 0 aliphatic carbocycles. The van der Waals surface area contributed by atoms with Gasteiger partial charge in [0.15, 0.2) is 0 Å². The van der Waals surface area contributed by atoms with E-state index in [1.807, 2.05) is 4.90 Å². The number of rotatable bonds is 3. The van der Waals surface area contributed by atoms with Crippen LogP contribution < -0.4 is 11.5 Å². The Labute approximate surface area is 87.5 Å². The van der Waals surface area contributed by atoms with Crippen LogP contribution in [0.25, 0.3) is 0 Å². The molecule has 15 heavy (non-hydrogen) atoms. The van der Waals surface area contributed by atoms with E-state index in [-0.39, 0.29) is 29.8 Å². The number of carbonyl (C=O) groups is 2. The Balaban J connectivity index is 2.06. The standard InChI is InChI=1S/C9H15N3O3/c10-8(13)5-1-7(9(11)14)12(2-5)6-3-15-4-6/h5-7H,1-4H2,(H2,10,13)(H2,11,14). The van der Waals surface area contributed by atoms with E-state index in [1.54, 1.807) is 0 Å². The average molecular weight is 213 g/mol. The zero-order chi connectivity index (χ0) is 11.0. The van der Waals surface area contributed by atoms with Crippen molar-refractivity contribution in [2.75, 3.05) is 19.8 Å². The highest BCUT2D eigenvalue weighted by Crippen LogP contribution is 2.27. The van der Waals surface area contributed by atoms with Crippen molar-refractivity contribution < 1.29 is 14.3 Å². The summed E-state index contributed by atoms with van der Waals surface area (Å²) in [6.45, 7) is 1.74. The third-order valence-corrected chi connectivity index (χ3v) is 3.16. The molecule has 2 unspecified atom stereocenters. The van der Waals surface area contributed by atoms with Crippen LogP contribution >= 0.6 is 0 Å². The van der Waals surface area contributed by atoms with Crippen molar-refractivity contribution in [3.05, 3.63) is 0 Å². The predicted molar refractivity (Wildman–Crippen MR) is 51.6 cm³/mol. The van der Waals surface area contributed by atoms with Crippen LogP contribution in [0, 0.1) is 5.92 Å². The molecule has 0 aromatic heterocycles. The SMILES string of the molecule is NC(=O)C1CC(C(N)=O)N(C2COC2)C1. The van der Waals surface area contributed by atoms with Gasteiger partial charge < -0.3 is 16.2 Å². The average Bonchev–Trinajstić information content (AvgIpc) is 2.45. The van der Waals surface area contributed by atoms with Crippen molar-refractivity contribution >= 4 is 11.8 Å². The number of amides is 2. The number of hydrogen-bond acceptors (Lipinski definition) is 4. The number of primary amides is 2. The predicted octanol–water partition coefficient (Wildman–Crippen LogP) is -1.95. The topological polar surface area (TPSA) is 98.7 Å². The molecule has 2 saturated heterocycles. The molecular formula is C9H15N3O3. The monoisotopic (exact) mass is 213 g/mol. The van der Waals surface area contributed by atoms with Gasteiger partial charge in [0.1, 0.15) is 0 Å². The first-order valence-corrected chi connectivity index (χ1v) is 5.01. The van der Waals surface area contributed by atoms with Crippen molar-refractivity contribution in [2.45, 2.75) is 18.5 Å². The lowest BCUT2D eigenvalue weighted by Crippen LogP contribution is -2.54. The molecule has 0 saturated carbocycles. The second kappa shape index (κ2) is 3.79. The Morgan fingerprint density at radius 3 is 2.27 bits per heavy atom. The molecule has 2 rings (SSSR count). The molecule has 0 radical (unpaired) electrons. The fourth-order valence-corrected chi connectivity index (χ4v) is 2.17. The first-order chi connectivity index (χ1) is 7.09. The largest absolute Gasteiger partial charge is 0.378 e. The maximum Gasteiger partial charge on any atom is 0.234 e. The fourth-order valence-electron chi connectivity index (χ4n) is 2.17. The van der Waals surface area contributed by atoms with Gasteiger partial charge in [-0.15, -0.1) is 0 Å². The van der Waals surface area contributed by atoms with Crippen LogP contribution in [0.1, 0.15) is 6.42 Å². The summed E-state index contributed by atoms with van der Waals surface area (Å²) in [5, 5.41) is 0. The van der Waals surface area contributed by atoms with Gasteiger partial charge in [0.05, 0.1) is 31.2 Å². The summed E-state index contributed by atoms with van der Waals surface area (Å²) in [6.07, 6.45) is 0.446. The molecule has 2 aliphatic heterocycles. The van der Waals surface area contributed by atoms with Gasteiger partial charge in [0, 0.05) is 6.54 Å². The van der Waals surface area contributed by atoms with Gasteiger partial charge in [0.25, 0.3) is 0 Å². The third kappa shape index (κ3) is 1.82. The molecule has 84 valence electrons. The van der Waals surface area contributed by atoms with Crippen LogP contribution in [0.4, 0.5) is 0 Å². The number of hydrogen-bond donors (Lipinski definition) is 2. The first kappa shape index (κ1) is 10.4. The van der Waals surface area contributed by atoms with Crippen molar-refractivity contribution in [1.82, 2.24) is 4.90 Å². The van der Waals surface area contributed by atoms with Gasteiger partial charge in [-0.05, 0) is 6.42 Å². The quantitative estimate of drug-likeness (QED) is 0.569. The summed E-state index contributed by atoms with van der Waals surface area (Å²) in [6, 6.07) is -0.150. The molecule has 6 heteroatoms. The van der Waals surface area contributed by atoms with E-state index >= 15 is 0 Å². The highest BCUT2D eigenvalue weighted by Gasteiger charge is 2.43. The molecule has 2 amide bonds. The van der Waals surface area contributed by atoms with Gasteiger partial charge in [0.2, 0.25) is 11.8 Å². The van der Waals surface area contributed by atoms with Crippen LogP contribution in [0.2, 0.25) is 0 Å². The van der Waals surface area contributed by atoms with E-state index in [0.717, 1.165) is 0 Å². The van der Waals surface area contributed by atoms with Crippen molar-refractivity contribution in [2.24, 2.45) is 17.4 Å². The zero-order valence-corrected chi connectivity index (χ0v) is 8.39. The molecule has 2 fully saturated rings. The molecule has 2 atom stereocenters. The zero-order valence-electron chi connectivity index (χ0n) is 8.39. The van der Waals surface area contributed by atoms with Gasteiger partial charge in [-0.1, -0.05) is 0 Å². The van der Waals surface area contributed by atoms with Crippen molar-refractivity contribution in [1.29, 1.82) is 0 Å². The summed E-state index contributed by atoms with van der Waals surface area (Å²) >= 11 is 0. The third-order valence-electron chi connectivity index (χ3n) is 3.16. The molecule has 4 N–H and O–H groups in total. The van der Waals surface area contributed by atoms with E-state index in [1.165, 1.54) is 0 Å². The van der Waals surface area contributed by atoms with Crippen molar-refractivity contribution in [3.8, 4) is 0 Å². The summed E-state index contributed by atoms with van der Waals surface area (Å²) in [5.41, 5.74) is 10.5. The summed E-state index contributed by atoms with van der Waals surface area (Å²) < 4.78 is 5.06. The summed E-state index contributed by atoms with van der Waals surface area (Å²) in [4.78, 5) is 24.2. The van der Waals surface area contributed by atoms with Crippen LogP contribution in [0.3, 0.4) is 0 Å². The maximum absolute atomic E-state index is 11.2. The fraction of sp³-hybridized carbons (Fsp3) is 0.778. The van der Waals surface area contributed by atoms with Gasteiger partial charge in [-0.25, -0.2) is 0 Å². The molecule has 2 heterocycles. The summed E-state index contributed by atoms with van der Waals surface area (Å²) in [7, 11) is 0. The van der Waals surface area contributed by atoms with Gasteiger partial charge in [-0.3, -0.25) is 14.5 Å². The molecule has 2 aliphatic rings. The minimum atomic E-state index is -0.384. The van der Waals surface area contributed by atoms with E-state index in [0.29, 0.717) is 26.2 Å². The summed E-state index contributed by atoms with van der Waals surface area (Å²) in [5.74, 6) is -1.00. The molecule has 0 spiro atoms. The number of nitrogens with two attached hydrogens (primary N) is 2. The lowest BCUT2D eigenvalue weighted by molar-refractivity contribution is -0.128. The van der Waals surface area contributed by atoms with Crippen LogP contribution in [-0.2, 0) is 14.3 Å².